The van der Waals surface area contributed by atoms with E-state index in [-0.39, 0.29) is 6.04 Å². The lowest BCUT2D eigenvalue weighted by Crippen LogP contribution is -2.04. The molecule has 0 spiro atoms. The molecule has 3 heterocycles. The van der Waals surface area contributed by atoms with Crippen molar-refractivity contribution in [3.05, 3.63) is 18.2 Å². The maximum absolute atomic E-state index is 5.99. The van der Waals surface area contributed by atoms with Crippen LogP contribution in [-0.4, -0.2) is 32.0 Å². The number of ether oxygens (including phenoxy) is 1. The van der Waals surface area contributed by atoms with Crippen LogP contribution < -0.4 is 5.73 Å². The number of aromatic nitrogens is 5. The van der Waals surface area contributed by atoms with Crippen LogP contribution in [0.4, 0.5) is 5.82 Å². The van der Waals surface area contributed by atoms with Gasteiger partial charge in [0.25, 0.3) is 0 Å². The lowest BCUT2D eigenvalue weighted by Gasteiger charge is -2.05. The highest BCUT2D eigenvalue weighted by atomic mass is 16.5. The van der Waals surface area contributed by atoms with Crippen LogP contribution in [0.25, 0.3) is 22.4 Å². The molecule has 110 valence electrons. The molecule has 0 aromatic carbocycles. The van der Waals surface area contributed by atoms with Gasteiger partial charge < -0.3 is 15.0 Å². The summed E-state index contributed by atoms with van der Waals surface area (Å²) in [5.41, 5.74) is 7.87. The predicted octanol–water partition coefficient (Wildman–Crippen LogP) is 1.79. The summed E-state index contributed by atoms with van der Waals surface area (Å²) in [6, 6.07) is 1.92. The predicted molar refractivity (Wildman–Crippen MR) is 76.3 cm³/mol. The number of fused-ring (bicyclic) bond motifs is 1. The molecule has 8 nitrogen and oxygen atoms in total. The van der Waals surface area contributed by atoms with Gasteiger partial charge in [0.2, 0.25) is 0 Å². The monoisotopic (exact) mass is 288 g/mol. The van der Waals surface area contributed by atoms with E-state index in [2.05, 4.69) is 20.2 Å². The van der Waals surface area contributed by atoms with E-state index in [1.54, 1.807) is 17.9 Å². The van der Waals surface area contributed by atoms with Crippen molar-refractivity contribution in [3.8, 4) is 11.4 Å². The molecule has 3 aromatic rings. The number of rotatable bonds is 4. The number of hydrogen-bond acceptors (Lipinski definition) is 7. The first-order chi connectivity index (χ1) is 10.1. The van der Waals surface area contributed by atoms with E-state index in [0.29, 0.717) is 40.6 Å². The van der Waals surface area contributed by atoms with Gasteiger partial charge in [0.05, 0.1) is 5.39 Å². The van der Waals surface area contributed by atoms with E-state index in [0.717, 1.165) is 0 Å². The summed E-state index contributed by atoms with van der Waals surface area (Å²) in [5, 5.41) is 9.27. The molecule has 0 saturated carbocycles. The van der Waals surface area contributed by atoms with E-state index in [9.17, 15) is 0 Å². The number of hydrogen-bond donors (Lipinski definition) is 1. The van der Waals surface area contributed by atoms with Gasteiger partial charge in [0.15, 0.2) is 11.4 Å². The molecule has 0 unspecified atom stereocenters. The lowest BCUT2D eigenvalue weighted by molar-refractivity contribution is 0.156. The molecule has 0 aliphatic carbocycles. The van der Waals surface area contributed by atoms with Crippen LogP contribution in [0.2, 0.25) is 0 Å². The Morgan fingerprint density at radius 1 is 1.38 bits per heavy atom. The highest BCUT2D eigenvalue weighted by Gasteiger charge is 2.20. The second kappa shape index (κ2) is 5.13. The molecule has 0 bridgehead atoms. The first kappa shape index (κ1) is 13.5. The zero-order valence-electron chi connectivity index (χ0n) is 12.1. The SMILES string of the molecule is COCc1cc(-c2nn(C(C)C)c3ncnc(N)c23)no1. The molecular formula is C13H16N6O2. The molecule has 0 radical (unpaired) electrons. The maximum atomic E-state index is 5.99. The summed E-state index contributed by atoms with van der Waals surface area (Å²) in [4.78, 5) is 8.32. The summed E-state index contributed by atoms with van der Waals surface area (Å²) >= 11 is 0. The van der Waals surface area contributed by atoms with Gasteiger partial charge in [-0.15, -0.1) is 0 Å². The fourth-order valence-corrected chi connectivity index (χ4v) is 2.17. The van der Waals surface area contributed by atoms with Crippen molar-refractivity contribution in [2.75, 3.05) is 12.8 Å². The van der Waals surface area contributed by atoms with E-state index < -0.39 is 0 Å². The summed E-state index contributed by atoms with van der Waals surface area (Å²) in [7, 11) is 1.59. The second-order valence-corrected chi connectivity index (χ2v) is 4.96. The Morgan fingerprint density at radius 2 is 2.19 bits per heavy atom. The number of nitrogen functional groups attached to an aromatic ring is 1. The Kier molecular flexibility index (Phi) is 3.30. The third kappa shape index (κ3) is 2.23. The molecular weight excluding hydrogens is 272 g/mol. The quantitative estimate of drug-likeness (QED) is 0.780. The molecule has 0 aliphatic rings. The summed E-state index contributed by atoms with van der Waals surface area (Å²) in [6.07, 6.45) is 1.43. The van der Waals surface area contributed by atoms with Gasteiger partial charge in [-0.25, -0.2) is 14.6 Å². The van der Waals surface area contributed by atoms with Crippen LogP contribution in [0.3, 0.4) is 0 Å². The Bertz CT molecular complexity index is 776. The average Bonchev–Trinajstić information content (AvgIpc) is 3.04. The molecule has 21 heavy (non-hydrogen) atoms. The Labute approximate surface area is 120 Å². The molecule has 2 N–H and O–H groups in total. The smallest absolute Gasteiger partial charge is 0.164 e. The third-order valence-corrected chi connectivity index (χ3v) is 3.10. The minimum atomic E-state index is 0.140. The summed E-state index contributed by atoms with van der Waals surface area (Å²) in [5.74, 6) is 0.994. The van der Waals surface area contributed by atoms with Gasteiger partial charge in [-0.05, 0) is 13.8 Å². The van der Waals surface area contributed by atoms with Crippen LogP contribution in [0.1, 0.15) is 25.6 Å². The van der Waals surface area contributed by atoms with Crippen molar-refractivity contribution < 1.29 is 9.26 Å². The van der Waals surface area contributed by atoms with Crippen LogP contribution >= 0.6 is 0 Å². The first-order valence-electron chi connectivity index (χ1n) is 6.55. The number of anilines is 1. The third-order valence-electron chi connectivity index (χ3n) is 3.10. The minimum absolute atomic E-state index is 0.140. The van der Waals surface area contributed by atoms with Crippen molar-refractivity contribution in [3.63, 3.8) is 0 Å². The van der Waals surface area contributed by atoms with Crippen molar-refractivity contribution >= 4 is 16.9 Å². The number of nitrogens with two attached hydrogens (primary N) is 1. The van der Waals surface area contributed by atoms with Gasteiger partial charge in [0.1, 0.15) is 30.1 Å². The summed E-state index contributed by atoms with van der Waals surface area (Å²) in [6.45, 7) is 4.39. The van der Waals surface area contributed by atoms with Crippen LogP contribution in [0.15, 0.2) is 16.9 Å². The van der Waals surface area contributed by atoms with Gasteiger partial charge >= 0.3 is 0 Å². The van der Waals surface area contributed by atoms with E-state index >= 15 is 0 Å². The zero-order valence-corrected chi connectivity index (χ0v) is 12.1. The fraction of sp³-hybridized carbons (Fsp3) is 0.385. The average molecular weight is 288 g/mol. The van der Waals surface area contributed by atoms with Gasteiger partial charge in [-0.2, -0.15) is 5.10 Å². The zero-order chi connectivity index (χ0) is 15.0. The Morgan fingerprint density at radius 3 is 2.90 bits per heavy atom. The first-order valence-corrected chi connectivity index (χ1v) is 6.55. The molecule has 0 aliphatic heterocycles. The van der Waals surface area contributed by atoms with E-state index in [1.165, 1.54) is 6.33 Å². The van der Waals surface area contributed by atoms with Gasteiger partial charge in [0, 0.05) is 19.2 Å². The topological polar surface area (TPSA) is 105 Å². The van der Waals surface area contributed by atoms with E-state index in [4.69, 9.17) is 15.0 Å². The van der Waals surface area contributed by atoms with Crippen LogP contribution in [0.5, 0.6) is 0 Å². The van der Waals surface area contributed by atoms with E-state index in [1.807, 2.05) is 13.8 Å². The lowest BCUT2D eigenvalue weighted by atomic mass is 10.2. The summed E-state index contributed by atoms with van der Waals surface area (Å²) < 4.78 is 12.0. The van der Waals surface area contributed by atoms with Crippen molar-refractivity contribution in [2.45, 2.75) is 26.5 Å². The molecule has 0 atom stereocenters. The molecule has 0 saturated heterocycles. The van der Waals surface area contributed by atoms with Crippen LogP contribution in [0, 0.1) is 0 Å². The molecule has 0 fully saturated rings. The van der Waals surface area contributed by atoms with Crippen molar-refractivity contribution in [1.82, 2.24) is 24.9 Å². The maximum Gasteiger partial charge on any atom is 0.164 e. The normalized spacial score (nSPS) is 11.6. The molecule has 8 heteroatoms. The number of nitrogens with zero attached hydrogens (tertiary/aromatic N) is 5. The molecule has 3 aromatic heterocycles. The van der Waals surface area contributed by atoms with Gasteiger partial charge in [-0.1, -0.05) is 5.16 Å². The van der Waals surface area contributed by atoms with Crippen LogP contribution in [-0.2, 0) is 11.3 Å². The standard InChI is InChI=1S/C13H16N6O2/c1-7(2)19-13-10(12(14)15-6-16-13)11(17-19)9-4-8(5-20-3)21-18-9/h4,6-7H,5H2,1-3H3,(H2,14,15,16). The highest BCUT2D eigenvalue weighted by Crippen LogP contribution is 2.31. The van der Waals surface area contributed by atoms with Crippen molar-refractivity contribution in [1.29, 1.82) is 0 Å². The Balaban J connectivity index is 2.21. The second-order valence-electron chi connectivity index (χ2n) is 4.96. The Hall–Kier alpha value is -2.48. The number of methoxy groups -OCH3 is 1. The molecule has 0 amide bonds. The van der Waals surface area contributed by atoms with Gasteiger partial charge in [-0.3, -0.25) is 0 Å². The molecule has 3 rings (SSSR count). The fourth-order valence-electron chi connectivity index (χ4n) is 2.17. The largest absolute Gasteiger partial charge is 0.383 e. The highest BCUT2D eigenvalue weighted by molar-refractivity contribution is 5.97. The van der Waals surface area contributed by atoms with Crippen molar-refractivity contribution in [2.24, 2.45) is 0 Å². The minimum Gasteiger partial charge on any atom is -0.383 e.